The van der Waals surface area contributed by atoms with Gasteiger partial charge in [0.2, 0.25) is 0 Å². The van der Waals surface area contributed by atoms with Gasteiger partial charge in [-0.2, -0.15) is 0 Å². The number of nitrogens with zero attached hydrogens (tertiary/aromatic N) is 4. The minimum atomic E-state index is 0.782. The molecule has 0 aromatic carbocycles. The molecule has 4 heteroatoms. The molecule has 2 rings (SSSR count). The Labute approximate surface area is 70.3 Å². The second-order valence-electron chi connectivity index (χ2n) is 2.67. The number of imidazole rings is 1. The van der Waals surface area contributed by atoms with Gasteiger partial charge in [0, 0.05) is 13.5 Å². The molecule has 0 fully saturated rings. The van der Waals surface area contributed by atoms with E-state index in [2.05, 4.69) is 21.9 Å². The summed E-state index contributed by atoms with van der Waals surface area (Å²) in [6, 6.07) is 0. The number of rotatable bonds is 1. The fourth-order valence-corrected chi connectivity index (χ4v) is 1.29. The van der Waals surface area contributed by atoms with E-state index in [-0.39, 0.29) is 0 Å². The highest BCUT2D eigenvalue weighted by Crippen LogP contribution is 2.10. The first kappa shape index (κ1) is 7.21. The Morgan fingerprint density at radius 3 is 3.00 bits per heavy atom. The van der Waals surface area contributed by atoms with Crippen molar-refractivity contribution >= 4 is 11.2 Å². The van der Waals surface area contributed by atoms with E-state index in [1.54, 1.807) is 6.20 Å². The van der Waals surface area contributed by atoms with Crippen LogP contribution in [0.3, 0.4) is 0 Å². The normalized spacial score (nSPS) is 10.8. The third-order valence-electron chi connectivity index (χ3n) is 1.97. The van der Waals surface area contributed by atoms with E-state index in [1.165, 1.54) is 6.33 Å². The lowest BCUT2D eigenvalue weighted by Gasteiger charge is -1.95. The van der Waals surface area contributed by atoms with Gasteiger partial charge < -0.3 is 4.57 Å². The second kappa shape index (κ2) is 2.55. The van der Waals surface area contributed by atoms with E-state index >= 15 is 0 Å². The van der Waals surface area contributed by atoms with Crippen LogP contribution in [0.25, 0.3) is 11.2 Å². The van der Waals surface area contributed by atoms with Gasteiger partial charge in [0.25, 0.3) is 0 Å². The highest BCUT2D eigenvalue weighted by Gasteiger charge is 2.05. The molecule has 0 aliphatic carbocycles. The first-order valence-corrected chi connectivity index (χ1v) is 3.94. The molecule has 0 saturated carbocycles. The lowest BCUT2D eigenvalue weighted by molar-refractivity contribution is 0.828. The summed E-state index contributed by atoms with van der Waals surface area (Å²) >= 11 is 0. The van der Waals surface area contributed by atoms with Crippen LogP contribution >= 0.6 is 0 Å². The van der Waals surface area contributed by atoms with Crippen LogP contribution in [0.2, 0.25) is 0 Å². The molecular formula is C8H10N4. The Hall–Kier alpha value is -1.45. The van der Waals surface area contributed by atoms with Gasteiger partial charge >= 0.3 is 0 Å². The molecule has 0 radical (unpaired) electrons. The topological polar surface area (TPSA) is 43.6 Å². The molecule has 0 amide bonds. The summed E-state index contributed by atoms with van der Waals surface area (Å²) in [6.45, 7) is 2.08. The number of aromatic nitrogens is 4. The van der Waals surface area contributed by atoms with Gasteiger partial charge in [-0.3, -0.25) is 0 Å². The van der Waals surface area contributed by atoms with Crippen molar-refractivity contribution in [3.05, 3.63) is 18.3 Å². The van der Waals surface area contributed by atoms with Gasteiger partial charge in [-0.15, -0.1) is 0 Å². The van der Waals surface area contributed by atoms with Crippen molar-refractivity contribution in [1.82, 2.24) is 19.5 Å². The van der Waals surface area contributed by atoms with Crippen molar-refractivity contribution in [3.63, 3.8) is 0 Å². The monoisotopic (exact) mass is 162 g/mol. The standard InChI is InChI=1S/C8H10N4/c1-3-7-11-8-6(12(7)2)4-9-5-10-8/h4-5H,3H2,1-2H3. The van der Waals surface area contributed by atoms with Crippen molar-refractivity contribution in [2.45, 2.75) is 13.3 Å². The zero-order chi connectivity index (χ0) is 8.55. The van der Waals surface area contributed by atoms with Crippen LogP contribution in [0.1, 0.15) is 12.7 Å². The average molecular weight is 162 g/mol. The van der Waals surface area contributed by atoms with Gasteiger partial charge in [0.15, 0.2) is 5.65 Å². The summed E-state index contributed by atoms with van der Waals surface area (Å²) in [5, 5.41) is 0. The number of hydrogen-bond donors (Lipinski definition) is 0. The maximum Gasteiger partial charge on any atom is 0.180 e. The summed E-state index contributed by atoms with van der Waals surface area (Å²) in [5.41, 5.74) is 1.78. The van der Waals surface area contributed by atoms with E-state index in [0.717, 1.165) is 23.4 Å². The molecule has 0 spiro atoms. The quantitative estimate of drug-likeness (QED) is 0.626. The van der Waals surface area contributed by atoms with Crippen molar-refractivity contribution in [2.75, 3.05) is 0 Å². The van der Waals surface area contributed by atoms with Crippen molar-refractivity contribution in [3.8, 4) is 0 Å². The van der Waals surface area contributed by atoms with E-state index in [9.17, 15) is 0 Å². The SMILES string of the molecule is CCc1nc2ncncc2n1C. The summed E-state index contributed by atoms with van der Waals surface area (Å²) in [4.78, 5) is 12.4. The first-order chi connectivity index (χ1) is 5.83. The van der Waals surface area contributed by atoms with E-state index in [0.29, 0.717) is 0 Å². The number of fused-ring (bicyclic) bond motifs is 1. The van der Waals surface area contributed by atoms with E-state index in [1.807, 2.05) is 11.6 Å². The van der Waals surface area contributed by atoms with Gasteiger partial charge in [-0.1, -0.05) is 6.92 Å². The van der Waals surface area contributed by atoms with Gasteiger partial charge in [-0.25, -0.2) is 15.0 Å². The predicted octanol–water partition coefficient (Wildman–Crippen LogP) is 0.926. The third kappa shape index (κ3) is 0.879. The molecule has 4 nitrogen and oxygen atoms in total. The molecule has 62 valence electrons. The largest absolute Gasteiger partial charge is 0.328 e. The molecule has 0 bridgehead atoms. The lowest BCUT2D eigenvalue weighted by Crippen LogP contribution is -1.94. The van der Waals surface area contributed by atoms with Crippen LogP contribution in [0, 0.1) is 0 Å². The Kier molecular flexibility index (Phi) is 1.53. The molecule has 12 heavy (non-hydrogen) atoms. The fourth-order valence-electron chi connectivity index (χ4n) is 1.29. The smallest absolute Gasteiger partial charge is 0.180 e. The molecule has 2 aromatic heterocycles. The predicted molar refractivity (Wildman–Crippen MR) is 45.7 cm³/mol. The van der Waals surface area contributed by atoms with Crippen LogP contribution in [-0.4, -0.2) is 19.5 Å². The van der Waals surface area contributed by atoms with Crippen molar-refractivity contribution in [1.29, 1.82) is 0 Å². The molecule has 0 atom stereocenters. The minimum absolute atomic E-state index is 0.782. The summed E-state index contributed by atoms with van der Waals surface area (Å²) in [5.74, 6) is 1.05. The molecule has 0 unspecified atom stereocenters. The van der Waals surface area contributed by atoms with Gasteiger partial charge in [0.1, 0.15) is 17.7 Å². The van der Waals surface area contributed by atoms with Gasteiger partial charge in [0.05, 0.1) is 6.20 Å². The highest BCUT2D eigenvalue weighted by atomic mass is 15.1. The minimum Gasteiger partial charge on any atom is -0.328 e. The molecule has 0 aliphatic heterocycles. The molecule has 0 N–H and O–H groups in total. The van der Waals surface area contributed by atoms with E-state index in [4.69, 9.17) is 0 Å². The molecule has 0 saturated heterocycles. The second-order valence-corrected chi connectivity index (χ2v) is 2.67. The number of aryl methyl sites for hydroxylation is 2. The highest BCUT2D eigenvalue weighted by molar-refractivity contribution is 5.69. The Bertz CT molecular complexity index is 404. The molecular weight excluding hydrogens is 152 g/mol. The van der Waals surface area contributed by atoms with Crippen molar-refractivity contribution in [2.24, 2.45) is 7.05 Å². The van der Waals surface area contributed by atoms with Crippen LogP contribution in [0.5, 0.6) is 0 Å². The van der Waals surface area contributed by atoms with Crippen LogP contribution < -0.4 is 0 Å². The van der Waals surface area contributed by atoms with Crippen LogP contribution in [0.15, 0.2) is 12.5 Å². The first-order valence-electron chi connectivity index (χ1n) is 3.94. The maximum atomic E-state index is 4.34. The zero-order valence-electron chi connectivity index (χ0n) is 7.15. The third-order valence-corrected chi connectivity index (χ3v) is 1.97. The Morgan fingerprint density at radius 1 is 1.50 bits per heavy atom. The Morgan fingerprint density at radius 2 is 2.33 bits per heavy atom. The molecule has 0 aliphatic rings. The number of hydrogen-bond acceptors (Lipinski definition) is 3. The average Bonchev–Trinajstić information content (AvgIpc) is 2.44. The molecule has 2 aromatic rings. The summed E-state index contributed by atoms with van der Waals surface area (Å²) in [6.07, 6.45) is 4.23. The fraction of sp³-hybridized carbons (Fsp3) is 0.375. The van der Waals surface area contributed by atoms with Gasteiger partial charge in [-0.05, 0) is 0 Å². The zero-order valence-corrected chi connectivity index (χ0v) is 7.15. The van der Waals surface area contributed by atoms with Crippen LogP contribution in [-0.2, 0) is 13.5 Å². The van der Waals surface area contributed by atoms with Crippen molar-refractivity contribution < 1.29 is 0 Å². The van der Waals surface area contributed by atoms with Crippen LogP contribution in [0.4, 0.5) is 0 Å². The Balaban J connectivity index is 2.78. The molecule has 2 heterocycles. The maximum absolute atomic E-state index is 4.34. The van der Waals surface area contributed by atoms with E-state index < -0.39 is 0 Å². The lowest BCUT2D eigenvalue weighted by atomic mass is 10.4. The summed E-state index contributed by atoms with van der Waals surface area (Å²) < 4.78 is 2.02. The summed E-state index contributed by atoms with van der Waals surface area (Å²) in [7, 11) is 1.98.